The average Bonchev–Trinajstić information content (AvgIpc) is 3.20. The summed E-state index contributed by atoms with van der Waals surface area (Å²) < 4.78 is 35.4. The Bertz CT molecular complexity index is 1430. The fraction of sp³-hybridized carbons (Fsp3) is 0.217. The van der Waals surface area contributed by atoms with E-state index in [1.807, 2.05) is 0 Å². The molecule has 1 aliphatic rings. The zero-order chi connectivity index (χ0) is 23.5. The summed E-state index contributed by atoms with van der Waals surface area (Å²) in [6.07, 6.45) is 1.75. The predicted molar refractivity (Wildman–Crippen MR) is 118 cm³/mol. The topological polar surface area (TPSA) is 107 Å². The molecule has 0 bridgehead atoms. The molecule has 8 nitrogen and oxygen atoms in total. The van der Waals surface area contributed by atoms with Crippen molar-refractivity contribution in [3.8, 4) is 17.3 Å². The normalized spacial score (nSPS) is 14.4. The van der Waals surface area contributed by atoms with E-state index in [4.69, 9.17) is 10.5 Å². The molecular weight excluding hydrogens is 430 g/mol. The smallest absolute Gasteiger partial charge is 0.235 e. The SMILES string of the molecule is Cc1nc2c(OCc3c(F)cccc3F)cccn2c1-c1nc(N)c2c(n1)NC(=O)C2(C)C. The molecule has 0 atom stereocenters. The molecule has 4 heterocycles. The molecule has 168 valence electrons. The van der Waals surface area contributed by atoms with E-state index in [1.165, 1.54) is 18.2 Å². The van der Waals surface area contributed by atoms with Crippen molar-refractivity contribution >= 4 is 23.2 Å². The third-order valence-electron chi connectivity index (χ3n) is 5.80. The van der Waals surface area contributed by atoms with E-state index in [-0.39, 0.29) is 29.7 Å². The lowest BCUT2D eigenvalue weighted by molar-refractivity contribution is -0.119. The van der Waals surface area contributed by atoms with Crippen molar-refractivity contribution in [2.75, 3.05) is 11.1 Å². The summed E-state index contributed by atoms with van der Waals surface area (Å²) in [4.78, 5) is 25.9. The third-order valence-corrected chi connectivity index (χ3v) is 5.80. The van der Waals surface area contributed by atoms with Crippen molar-refractivity contribution in [2.45, 2.75) is 32.8 Å². The van der Waals surface area contributed by atoms with E-state index in [0.717, 1.165) is 0 Å². The Balaban J connectivity index is 1.57. The van der Waals surface area contributed by atoms with Gasteiger partial charge in [-0.1, -0.05) is 6.07 Å². The number of nitrogen functional groups attached to an aromatic ring is 1. The second kappa shape index (κ2) is 7.22. The number of benzene rings is 1. The van der Waals surface area contributed by atoms with Crippen LogP contribution in [-0.2, 0) is 16.8 Å². The zero-order valence-corrected chi connectivity index (χ0v) is 18.1. The van der Waals surface area contributed by atoms with Gasteiger partial charge in [-0.3, -0.25) is 9.20 Å². The number of hydrogen-bond donors (Lipinski definition) is 2. The van der Waals surface area contributed by atoms with Crippen LogP contribution in [0.4, 0.5) is 20.4 Å². The van der Waals surface area contributed by atoms with Gasteiger partial charge in [-0.25, -0.2) is 23.7 Å². The number of ether oxygens (including phenoxy) is 1. The van der Waals surface area contributed by atoms with Crippen molar-refractivity contribution in [1.29, 1.82) is 0 Å². The highest BCUT2D eigenvalue weighted by Gasteiger charge is 2.42. The van der Waals surface area contributed by atoms with Crippen LogP contribution in [0.5, 0.6) is 5.75 Å². The fourth-order valence-corrected chi connectivity index (χ4v) is 4.03. The highest BCUT2D eigenvalue weighted by molar-refractivity contribution is 6.06. The molecule has 0 saturated heterocycles. The molecule has 33 heavy (non-hydrogen) atoms. The van der Waals surface area contributed by atoms with Crippen molar-refractivity contribution < 1.29 is 18.3 Å². The van der Waals surface area contributed by atoms with E-state index in [0.29, 0.717) is 34.2 Å². The van der Waals surface area contributed by atoms with Crippen molar-refractivity contribution in [1.82, 2.24) is 19.4 Å². The first-order valence-corrected chi connectivity index (χ1v) is 10.2. The predicted octanol–water partition coefficient (Wildman–Crippen LogP) is 3.77. The summed E-state index contributed by atoms with van der Waals surface area (Å²) in [6, 6.07) is 7.02. The number of hydrogen-bond acceptors (Lipinski definition) is 6. The van der Waals surface area contributed by atoms with E-state index in [1.54, 1.807) is 43.5 Å². The number of amides is 1. The highest BCUT2D eigenvalue weighted by atomic mass is 19.1. The minimum absolute atomic E-state index is 0.170. The van der Waals surface area contributed by atoms with Gasteiger partial charge in [-0.05, 0) is 45.0 Å². The molecule has 1 aromatic carbocycles. The number of aromatic nitrogens is 4. The number of nitrogens with zero attached hydrogens (tertiary/aromatic N) is 4. The van der Waals surface area contributed by atoms with E-state index in [2.05, 4.69) is 20.3 Å². The van der Waals surface area contributed by atoms with E-state index in [9.17, 15) is 13.6 Å². The highest BCUT2D eigenvalue weighted by Crippen LogP contribution is 2.40. The van der Waals surface area contributed by atoms with Crippen molar-refractivity contribution in [3.63, 3.8) is 0 Å². The van der Waals surface area contributed by atoms with Crippen molar-refractivity contribution in [3.05, 3.63) is 65.0 Å². The molecular formula is C23H20F2N6O2. The first-order chi connectivity index (χ1) is 15.7. The van der Waals surface area contributed by atoms with E-state index < -0.39 is 17.0 Å². The molecule has 0 aliphatic carbocycles. The molecule has 10 heteroatoms. The number of aryl methyl sites for hydroxylation is 1. The standard InChI is InChI=1S/C23H20F2N6O2/c1-11-17(20-28-18(26)16-19(29-20)30-22(32)23(16,2)3)31-9-5-8-15(21(31)27-11)33-10-12-13(24)6-4-7-14(12)25/h4-9H,10H2,1-3H3,(H3,26,28,29,30,32). The summed E-state index contributed by atoms with van der Waals surface area (Å²) in [5, 5.41) is 2.76. The maximum absolute atomic E-state index is 14.0. The minimum atomic E-state index is -0.838. The van der Waals surface area contributed by atoms with E-state index >= 15 is 0 Å². The Hall–Kier alpha value is -4.08. The lowest BCUT2D eigenvalue weighted by atomic mass is 9.87. The van der Waals surface area contributed by atoms with Crippen LogP contribution < -0.4 is 15.8 Å². The Morgan fingerprint density at radius 3 is 2.58 bits per heavy atom. The van der Waals surface area contributed by atoms with Gasteiger partial charge in [0.25, 0.3) is 0 Å². The number of imidazole rings is 1. The van der Waals surface area contributed by atoms with Gasteiger partial charge >= 0.3 is 0 Å². The molecule has 5 rings (SSSR count). The minimum Gasteiger partial charge on any atom is -0.485 e. The number of carbonyl (C=O) groups excluding carboxylic acids is 1. The van der Waals surface area contributed by atoms with Crippen LogP contribution in [0.1, 0.15) is 30.7 Å². The van der Waals surface area contributed by atoms with Crippen LogP contribution in [0, 0.1) is 18.6 Å². The van der Waals surface area contributed by atoms with Gasteiger partial charge in [-0.15, -0.1) is 0 Å². The second-order valence-electron chi connectivity index (χ2n) is 8.34. The summed E-state index contributed by atoms with van der Waals surface area (Å²) in [7, 11) is 0. The Labute approximate surface area is 187 Å². The van der Waals surface area contributed by atoms with Gasteiger partial charge in [-0.2, -0.15) is 0 Å². The molecule has 0 saturated carbocycles. The van der Waals surface area contributed by atoms with Crippen LogP contribution in [0.15, 0.2) is 36.5 Å². The number of pyridine rings is 1. The number of rotatable bonds is 4. The number of nitrogens with two attached hydrogens (primary N) is 1. The van der Waals surface area contributed by atoms with Crippen LogP contribution in [0.3, 0.4) is 0 Å². The molecule has 4 aromatic rings. The maximum Gasteiger partial charge on any atom is 0.235 e. The monoisotopic (exact) mass is 450 g/mol. The third kappa shape index (κ3) is 3.17. The summed E-state index contributed by atoms with van der Waals surface area (Å²) in [6.45, 7) is 4.99. The quantitative estimate of drug-likeness (QED) is 0.490. The summed E-state index contributed by atoms with van der Waals surface area (Å²) in [5.41, 5.74) is 7.33. The Morgan fingerprint density at radius 1 is 1.12 bits per heavy atom. The average molecular weight is 450 g/mol. The largest absolute Gasteiger partial charge is 0.485 e. The van der Waals surface area contributed by atoms with Gasteiger partial charge in [0.2, 0.25) is 5.91 Å². The van der Waals surface area contributed by atoms with Crippen LogP contribution in [-0.4, -0.2) is 25.3 Å². The first-order valence-electron chi connectivity index (χ1n) is 10.2. The number of anilines is 2. The van der Waals surface area contributed by atoms with Gasteiger partial charge in [0, 0.05) is 6.20 Å². The number of nitrogens with one attached hydrogen (secondary N) is 1. The molecule has 0 spiro atoms. The molecule has 1 aliphatic heterocycles. The Morgan fingerprint density at radius 2 is 1.85 bits per heavy atom. The van der Waals surface area contributed by atoms with Crippen molar-refractivity contribution in [2.24, 2.45) is 0 Å². The number of carbonyl (C=O) groups is 1. The molecule has 3 aromatic heterocycles. The maximum atomic E-state index is 14.0. The first kappa shape index (κ1) is 20.8. The number of halogens is 2. The summed E-state index contributed by atoms with van der Waals surface area (Å²) >= 11 is 0. The van der Waals surface area contributed by atoms with Gasteiger partial charge < -0.3 is 15.8 Å². The van der Waals surface area contributed by atoms with Gasteiger partial charge in [0.05, 0.1) is 22.2 Å². The molecule has 1 amide bonds. The number of fused-ring (bicyclic) bond motifs is 2. The lowest BCUT2D eigenvalue weighted by Gasteiger charge is -2.16. The van der Waals surface area contributed by atoms with Gasteiger partial charge in [0.15, 0.2) is 17.2 Å². The summed E-state index contributed by atoms with van der Waals surface area (Å²) in [5.74, 6) is -0.395. The molecule has 0 unspecified atom stereocenters. The Kier molecular flexibility index (Phi) is 4.55. The van der Waals surface area contributed by atoms with Crippen LogP contribution >= 0.6 is 0 Å². The molecule has 0 fully saturated rings. The fourth-order valence-electron chi connectivity index (χ4n) is 4.03. The molecule has 3 N–H and O–H groups in total. The van der Waals surface area contributed by atoms with Crippen LogP contribution in [0.25, 0.3) is 17.2 Å². The molecule has 0 radical (unpaired) electrons. The second-order valence-corrected chi connectivity index (χ2v) is 8.34. The van der Waals surface area contributed by atoms with Gasteiger partial charge in [0.1, 0.15) is 35.6 Å². The lowest BCUT2D eigenvalue weighted by Crippen LogP contribution is -2.27. The zero-order valence-electron chi connectivity index (χ0n) is 18.1. The van der Waals surface area contributed by atoms with Crippen LogP contribution in [0.2, 0.25) is 0 Å².